The third-order valence-electron chi connectivity index (χ3n) is 4.06. The number of amidine groups is 1. The third kappa shape index (κ3) is 2.83. The van der Waals surface area contributed by atoms with E-state index in [2.05, 4.69) is 15.3 Å². The molecule has 6 nitrogen and oxygen atoms in total. The number of primary amides is 1. The fourth-order valence-electron chi connectivity index (χ4n) is 2.88. The van der Waals surface area contributed by atoms with Crippen molar-refractivity contribution in [3.8, 4) is 11.5 Å². The first-order chi connectivity index (χ1) is 12.1. The van der Waals surface area contributed by atoms with Gasteiger partial charge in [-0.05, 0) is 36.8 Å². The molecule has 3 aromatic rings. The highest BCUT2D eigenvalue weighted by Gasteiger charge is 2.17. The lowest BCUT2D eigenvalue weighted by Crippen LogP contribution is -2.19. The lowest BCUT2D eigenvalue weighted by atomic mass is 10.1. The molecule has 2 aromatic heterocycles. The van der Waals surface area contributed by atoms with Crippen molar-refractivity contribution in [3.63, 3.8) is 0 Å². The summed E-state index contributed by atoms with van der Waals surface area (Å²) in [5, 5.41) is 4.12. The van der Waals surface area contributed by atoms with Gasteiger partial charge >= 0.3 is 0 Å². The van der Waals surface area contributed by atoms with Crippen LogP contribution < -0.4 is 15.8 Å². The van der Waals surface area contributed by atoms with Gasteiger partial charge in [-0.2, -0.15) is 0 Å². The molecule has 0 fully saturated rings. The summed E-state index contributed by atoms with van der Waals surface area (Å²) in [4.78, 5) is 20.7. The maximum absolute atomic E-state index is 11.6. The predicted molar refractivity (Wildman–Crippen MR) is 98.8 cm³/mol. The summed E-state index contributed by atoms with van der Waals surface area (Å²) in [6.45, 7) is 3.56. The van der Waals surface area contributed by atoms with Gasteiger partial charge in [-0.1, -0.05) is 0 Å². The fraction of sp³-hybridized carbons (Fsp3) is 0.167. The molecule has 0 unspecified atom stereocenters. The Morgan fingerprint density at radius 2 is 2.08 bits per heavy atom. The molecular formula is C18H16N4O2S. The highest BCUT2D eigenvalue weighted by Crippen LogP contribution is 2.37. The second kappa shape index (κ2) is 6.18. The number of fused-ring (bicyclic) bond motifs is 1. The van der Waals surface area contributed by atoms with Crippen LogP contribution >= 0.6 is 11.3 Å². The monoisotopic (exact) mass is 352 g/mol. The fourth-order valence-corrected chi connectivity index (χ4v) is 3.93. The average molecular weight is 352 g/mol. The Labute approximate surface area is 148 Å². The zero-order valence-electron chi connectivity index (χ0n) is 13.6. The van der Waals surface area contributed by atoms with Crippen molar-refractivity contribution >= 4 is 33.2 Å². The van der Waals surface area contributed by atoms with E-state index in [-0.39, 0.29) is 0 Å². The smallest absolute Gasteiger partial charge is 0.259 e. The molecule has 4 rings (SSSR count). The van der Waals surface area contributed by atoms with Crippen LogP contribution in [-0.4, -0.2) is 29.8 Å². The second-order valence-electron chi connectivity index (χ2n) is 5.71. The number of carbonyl (C=O) groups is 1. The molecular weight excluding hydrogens is 336 g/mol. The highest BCUT2D eigenvalue weighted by atomic mass is 32.1. The number of hydrogen-bond acceptors (Lipinski definition) is 6. The van der Waals surface area contributed by atoms with Crippen LogP contribution in [0.5, 0.6) is 11.5 Å². The predicted octanol–water partition coefficient (Wildman–Crippen LogP) is 2.85. The summed E-state index contributed by atoms with van der Waals surface area (Å²) in [6.07, 6.45) is 3.38. The quantitative estimate of drug-likeness (QED) is 0.755. The Bertz CT molecular complexity index is 992. The van der Waals surface area contributed by atoms with Gasteiger partial charge in [0.25, 0.3) is 5.91 Å². The van der Waals surface area contributed by atoms with Crippen molar-refractivity contribution in [3.05, 3.63) is 52.7 Å². The van der Waals surface area contributed by atoms with Crippen LogP contribution in [0.2, 0.25) is 0 Å². The van der Waals surface area contributed by atoms with E-state index in [1.165, 1.54) is 11.3 Å². The summed E-state index contributed by atoms with van der Waals surface area (Å²) in [6, 6.07) is 7.73. The van der Waals surface area contributed by atoms with E-state index >= 15 is 0 Å². The number of rotatable bonds is 4. The molecule has 1 aromatic carbocycles. The number of amides is 1. The molecule has 0 spiro atoms. The minimum atomic E-state index is -0.432. The molecule has 1 amide bonds. The minimum absolute atomic E-state index is 0.432. The Balaban J connectivity index is 1.67. The zero-order chi connectivity index (χ0) is 17.4. The third-order valence-corrected chi connectivity index (χ3v) is 5.30. The standard InChI is InChI=1S/C18H16N4O2S/c1-10-15-13(8-20-9-14(15)25-16(10)17(19)23)24-12-4-2-11(3-5-12)18-21-6-7-22-18/h2-5,8-9H,6-7H2,1H3,(H2,19,23)(H,21,22). The van der Waals surface area contributed by atoms with Crippen LogP contribution in [0.4, 0.5) is 0 Å². The number of benzene rings is 1. The van der Waals surface area contributed by atoms with Crippen LogP contribution in [-0.2, 0) is 0 Å². The number of aromatic nitrogens is 1. The summed E-state index contributed by atoms with van der Waals surface area (Å²) in [7, 11) is 0. The normalized spacial score (nSPS) is 13.6. The number of nitrogens with two attached hydrogens (primary N) is 1. The van der Waals surface area contributed by atoms with Gasteiger partial charge in [0.1, 0.15) is 11.6 Å². The van der Waals surface area contributed by atoms with E-state index in [1.807, 2.05) is 31.2 Å². The maximum Gasteiger partial charge on any atom is 0.259 e. The Kier molecular flexibility index (Phi) is 3.85. The lowest BCUT2D eigenvalue weighted by molar-refractivity contribution is 0.100. The summed E-state index contributed by atoms with van der Waals surface area (Å²) in [5.41, 5.74) is 7.31. The number of ether oxygens (including phenoxy) is 1. The van der Waals surface area contributed by atoms with Crippen molar-refractivity contribution in [2.24, 2.45) is 10.7 Å². The summed E-state index contributed by atoms with van der Waals surface area (Å²) in [5.74, 6) is 1.79. The molecule has 1 aliphatic rings. The molecule has 1 aliphatic heterocycles. The summed E-state index contributed by atoms with van der Waals surface area (Å²) >= 11 is 1.33. The average Bonchev–Trinajstić information content (AvgIpc) is 3.24. The molecule has 0 atom stereocenters. The van der Waals surface area contributed by atoms with Crippen LogP contribution in [0, 0.1) is 6.92 Å². The number of carbonyl (C=O) groups excluding carboxylic acids is 1. The van der Waals surface area contributed by atoms with Gasteiger partial charge < -0.3 is 15.8 Å². The van der Waals surface area contributed by atoms with Crippen molar-refractivity contribution in [2.45, 2.75) is 6.92 Å². The van der Waals surface area contributed by atoms with E-state index in [0.29, 0.717) is 16.4 Å². The molecule has 0 saturated heterocycles. The molecule has 0 saturated carbocycles. The van der Waals surface area contributed by atoms with Crippen molar-refractivity contribution in [1.29, 1.82) is 0 Å². The first kappa shape index (κ1) is 15.6. The topological polar surface area (TPSA) is 89.6 Å². The zero-order valence-corrected chi connectivity index (χ0v) is 14.4. The van der Waals surface area contributed by atoms with Gasteiger partial charge in [0, 0.05) is 23.7 Å². The lowest BCUT2D eigenvalue weighted by Gasteiger charge is -2.09. The molecule has 7 heteroatoms. The largest absolute Gasteiger partial charge is 0.455 e. The van der Waals surface area contributed by atoms with Crippen LogP contribution in [0.15, 0.2) is 41.7 Å². The number of aliphatic imine (C=N–C) groups is 1. The minimum Gasteiger partial charge on any atom is -0.455 e. The molecule has 25 heavy (non-hydrogen) atoms. The molecule has 3 heterocycles. The molecule has 0 radical (unpaired) electrons. The van der Waals surface area contributed by atoms with Crippen molar-refractivity contribution < 1.29 is 9.53 Å². The first-order valence-electron chi connectivity index (χ1n) is 7.87. The van der Waals surface area contributed by atoms with Crippen molar-refractivity contribution in [2.75, 3.05) is 13.1 Å². The van der Waals surface area contributed by atoms with Crippen LogP contribution in [0.25, 0.3) is 10.1 Å². The number of pyridine rings is 1. The van der Waals surface area contributed by atoms with E-state index in [1.54, 1.807) is 12.4 Å². The Hall–Kier alpha value is -2.93. The van der Waals surface area contributed by atoms with E-state index < -0.39 is 5.91 Å². The number of thiophene rings is 1. The Morgan fingerprint density at radius 3 is 2.76 bits per heavy atom. The van der Waals surface area contributed by atoms with E-state index in [9.17, 15) is 4.79 Å². The van der Waals surface area contributed by atoms with Gasteiger partial charge in [0.15, 0.2) is 5.75 Å². The van der Waals surface area contributed by atoms with Crippen LogP contribution in [0.3, 0.4) is 0 Å². The number of hydrogen-bond donors (Lipinski definition) is 2. The van der Waals surface area contributed by atoms with Gasteiger partial charge in [0.2, 0.25) is 0 Å². The van der Waals surface area contributed by atoms with Crippen molar-refractivity contribution in [1.82, 2.24) is 10.3 Å². The van der Waals surface area contributed by atoms with Crippen LogP contribution in [0.1, 0.15) is 20.8 Å². The van der Waals surface area contributed by atoms with Gasteiger partial charge in [-0.3, -0.25) is 14.8 Å². The highest BCUT2D eigenvalue weighted by molar-refractivity contribution is 7.21. The second-order valence-corrected chi connectivity index (χ2v) is 6.77. The maximum atomic E-state index is 11.6. The molecule has 126 valence electrons. The molecule has 0 aliphatic carbocycles. The number of nitrogens with zero attached hydrogens (tertiary/aromatic N) is 2. The van der Waals surface area contributed by atoms with Gasteiger partial charge in [-0.15, -0.1) is 11.3 Å². The van der Waals surface area contributed by atoms with E-state index in [4.69, 9.17) is 10.5 Å². The summed E-state index contributed by atoms with van der Waals surface area (Å²) < 4.78 is 6.89. The number of nitrogens with one attached hydrogen (secondary N) is 1. The molecule has 3 N–H and O–H groups in total. The number of aryl methyl sites for hydroxylation is 1. The SMILES string of the molecule is Cc1c(C(N)=O)sc2cncc(Oc3ccc(C4=NCCN4)cc3)c12. The first-order valence-corrected chi connectivity index (χ1v) is 8.68. The Morgan fingerprint density at radius 1 is 1.28 bits per heavy atom. The van der Waals surface area contributed by atoms with Gasteiger partial charge in [-0.25, -0.2) is 0 Å². The van der Waals surface area contributed by atoms with E-state index in [0.717, 1.165) is 40.1 Å². The van der Waals surface area contributed by atoms with Gasteiger partial charge in [0.05, 0.1) is 22.3 Å². The molecule has 0 bridgehead atoms.